The van der Waals surface area contributed by atoms with Crippen LogP contribution in [0, 0.1) is 5.82 Å². The van der Waals surface area contributed by atoms with Crippen molar-refractivity contribution in [3.05, 3.63) is 35.6 Å². The summed E-state index contributed by atoms with van der Waals surface area (Å²) in [7, 11) is 0. The number of unbranched alkanes of at least 4 members (excludes halogenated alkanes) is 1. The molecule has 17 heavy (non-hydrogen) atoms. The maximum Gasteiger partial charge on any atom is 0.220 e. The minimum Gasteiger partial charge on any atom is -0.350 e. The minimum atomic E-state index is -0.268. The summed E-state index contributed by atoms with van der Waals surface area (Å²) >= 11 is 0. The molecule has 1 rings (SSSR count). The summed E-state index contributed by atoms with van der Waals surface area (Å²) in [5.74, 6) is -0.259. The van der Waals surface area contributed by atoms with E-state index in [2.05, 4.69) is 5.32 Å². The largest absolute Gasteiger partial charge is 0.350 e. The van der Waals surface area contributed by atoms with E-state index in [9.17, 15) is 9.18 Å². The lowest BCUT2D eigenvalue weighted by Gasteiger charge is -2.14. The third kappa shape index (κ3) is 4.95. The van der Waals surface area contributed by atoms with Gasteiger partial charge in [-0.15, -0.1) is 0 Å². The molecule has 4 heteroatoms. The number of carbonyl (C=O) groups excluding carboxylic acids is 1. The van der Waals surface area contributed by atoms with Gasteiger partial charge in [-0.3, -0.25) is 4.79 Å². The monoisotopic (exact) mass is 238 g/mol. The molecule has 0 saturated carbocycles. The first-order valence-electron chi connectivity index (χ1n) is 5.88. The lowest BCUT2D eigenvalue weighted by Crippen LogP contribution is -2.26. The van der Waals surface area contributed by atoms with E-state index in [1.807, 2.05) is 6.92 Å². The van der Waals surface area contributed by atoms with Gasteiger partial charge in [-0.1, -0.05) is 12.1 Å². The molecule has 0 aliphatic heterocycles. The van der Waals surface area contributed by atoms with Crippen LogP contribution in [0.5, 0.6) is 0 Å². The number of hydrogen-bond acceptors (Lipinski definition) is 2. The van der Waals surface area contributed by atoms with Crippen molar-refractivity contribution in [3.63, 3.8) is 0 Å². The molecule has 0 aliphatic carbocycles. The molecule has 0 fully saturated rings. The van der Waals surface area contributed by atoms with Crippen LogP contribution in [0.25, 0.3) is 0 Å². The van der Waals surface area contributed by atoms with Crippen molar-refractivity contribution < 1.29 is 9.18 Å². The Morgan fingerprint density at radius 2 is 2.00 bits per heavy atom. The molecular formula is C13H19FN2O. The Balaban J connectivity index is 2.40. The molecule has 0 heterocycles. The number of nitrogens with two attached hydrogens (primary N) is 1. The van der Waals surface area contributed by atoms with Crippen molar-refractivity contribution in [1.29, 1.82) is 0 Å². The highest BCUT2D eigenvalue weighted by Crippen LogP contribution is 2.13. The minimum absolute atomic E-state index is 0.00951. The van der Waals surface area contributed by atoms with Crippen LogP contribution >= 0.6 is 0 Å². The Morgan fingerprint density at radius 3 is 2.59 bits per heavy atom. The molecule has 0 radical (unpaired) electrons. The number of amides is 1. The first-order valence-corrected chi connectivity index (χ1v) is 5.88. The van der Waals surface area contributed by atoms with E-state index < -0.39 is 0 Å². The molecule has 0 aliphatic rings. The summed E-state index contributed by atoms with van der Waals surface area (Å²) in [5.41, 5.74) is 6.26. The summed E-state index contributed by atoms with van der Waals surface area (Å²) in [5, 5.41) is 2.87. The van der Waals surface area contributed by atoms with Crippen molar-refractivity contribution in [1.82, 2.24) is 5.32 Å². The maximum absolute atomic E-state index is 12.7. The van der Waals surface area contributed by atoms with Crippen LogP contribution in [0.3, 0.4) is 0 Å². The van der Waals surface area contributed by atoms with E-state index in [4.69, 9.17) is 5.73 Å². The zero-order valence-corrected chi connectivity index (χ0v) is 10.1. The van der Waals surface area contributed by atoms with Crippen LogP contribution in [0.4, 0.5) is 4.39 Å². The number of hydrogen-bond donors (Lipinski definition) is 2. The van der Waals surface area contributed by atoms with E-state index in [-0.39, 0.29) is 17.8 Å². The summed E-state index contributed by atoms with van der Waals surface area (Å²) in [4.78, 5) is 11.5. The molecule has 3 nitrogen and oxygen atoms in total. The molecular weight excluding hydrogens is 219 g/mol. The number of halogens is 1. The van der Waals surface area contributed by atoms with Crippen LogP contribution < -0.4 is 11.1 Å². The fourth-order valence-electron chi connectivity index (χ4n) is 1.58. The van der Waals surface area contributed by atoms with Gasteiger partial charge in [0.15, 0.2) is 0 Å². The van der Waals surface area contributed by atoms with E-state index >= 15 is 0 Å². The van der Waals surface area contributed by atoms with Gasteiger partial charge in [0.25, 0.3) is 0 Å². The van der Waals surface area contributed by atoms with Crippen LogP contribution in [-0.4, -0.2) is 12.5 Å². The van der Waals surface area contributed by atoms with Crippen molar-refractivity contribution in [2.24, 2.45) is 5.73 Å². The van der Waals surface area contributed by atoms with Gasteiger partial charge in [0.2, 0.25) is 5.91 Å². The van der Waals surface area contributed by atoms with Gasteiger partial charge in [-0.25, -0.2) is 4.39 Å². The molecule has 0 saturated heterocycles. The molecule has 0 bridgehead atoms. The highest BCUT2D eigenvalue weighted by atomic mass is 19.1. The van der Waals surface area contributed by atoms with Gasteiger partial charge in [-0.2, -0.15) is 0 Å². The van der Waals surface area contributed by atoms with Gasteiger partial charge >= 0.3 is 0 Å². The van der Waals surface area contributed by atoms with Crippen molar-refractivity contribution in [3.8, 4) is 0 Å². The molecule has 0 spiro atoms. The van der Waals surface area contributed by atoms with Crippen LogP contribution in [0.1, 0.15) is 37.8 Å². The topological polar surface area (TPSA) is 55.1 Å². The SMILES string of the molecule is CC(NC(=O)CCCCN)c1ccc(F)cc1. The first kappa shape index (κ1) is 13.6. The number of benzene rings is 1. The van der Waals surface area contributed by atoms with Gasteiger partial charge < -0.3 is 11.1 Å². The Labute approximate surface area is 101 Å². The summed E-state index contributed by atoms with van der Waals surface area (Å²) in [6.45, 7) is 2.49. The average molecular weight is 238 g/mol. The lowest BCUT2D eigenvalue weighted by atomic mass is 10.1. The highest BCUT2D eigenvalue weighted by molar-refractivity contribution is 5.76. The third-order valence-electron chi connectivity index (χ3n) is 2.61. The summed E-state index contributed by atoms with van der Waals surface area (Å²) in [6, 6.07) is 6.06. The van der Waals surface area contributed by atoms with E-state index in [1.54, 1.807) is 12.1 Å². The van der Waals surface area contributed by atoms with Crippen molar-refractivity contribution >= 4 is 5.91 Å². The summed E-state index contributed by atoms with van der Waals surface area (Å²) < 4.78 is 12.7. The van der Waals surface area contributed by atoms with E-state index in [0.717, 1.165) is 18.4 Å². The van der Waals surface area contributed by atoms with E-state index in [0.29, 0.717) is 13.0 Å². The second-order valence-electron chi connectivity index (χ2n) is 4.09. The van der Waals surface area contributed by atoms with E-state index in [1.165, 1.54) is 12.1 Å². The summed E-state index contributed by atoms with van der Waals surface area (Å²) in [6.07, 6.45) is 2.15. The standard InChI is InChI=1S/C13H19FN2O/c1-10(11-5-7-12(14)8-6-11)16-13(17)4-2-3-9-15/h5-8,10H,2-4,9,15H2,1H3,(H,16,17). The molecule has 1 aromatic carbocycles. The fourth-order valence-corrected chi connectivity index (χ4v) is 1.58. The number of nitrogens with one attached hydrogen (secondary N) is 1. The van der Waals surface area contributed by atoms with Gasteiger partial charge in [0, 0.05) is 6.42 Å². The smallest absolute Gasteiger partial charge is 0.220 e. The van der Waals surface area contributed by atoms with Crippen LogP contribution in [0.15, 0.2) is 24.3 Å². The van der Waals surface area contributed by atoms with Gasteiger partial charge in [0.05, 0.1) is 6.04 Å². The zero-order chi connectivity index (χ0) is 12.7. The molecule has 94 valence electrons. The predicted molar refractivity (Wildman–Crippen MR) is 65.9 cm³/mol. The van der Waals surface area contributed by atoms with Gasteiger partial charge in [0.1, 0.15) is 5.82 Å². The van der Waals surface area contributed by atoms with Crippen LogP contribution in [-0.2, 0) is 4.79 Å². The number of carbonyl (C=O) groups is 1. The Hall–Kier alpha value is -1.42. The van der Waals surface area contributed by atoms with Crippen molar-refractivity contribution in [2.45, 2.75) is 32.2 Å². The second-order valence-corrected chi connectivity index (χ2v) is 4.09. The normalized spacial score (nSPS) is 12.2. The lowest BCUT2D eigenvalue weighted by molar-refractivity contribution is -0.121. The maximum atomic E-state index is 12.7. The average Bonchev–Trinajstić information content (AvgIpc) is 2.30. The second kappa shape index (κ2) is 7.01. The van der Waals surface area contributed by atoms with Crippen molar-refractivity contribution in [2.75, 3.05) is 6.54 Å². The van der Waals surface area contributed by atoms with Gasteiger partial charge in [-0.05, 0) is 44.0 Å². The quantitative estimate of drug-likeness (QED) is 0.746. The fraction of sp³-hybridized carbons (Fsp3) is 0.462. The molecule has 1 aromatic rings. The predicted octanol–water partition coefficient (Wildman–Crippen LogP) is 2.13. The number of rotatable bonds is 6. The first-order chi connectivity index (χ1) is 8.13. The van der Waals surface area contributed by atoms with Crippen LogP contribution in [0.2, 0.25) is 0 Å². The molecule has 1 unspecified atom stereocenters. The highest BCUT2D eigenvalue weighted by Gasteiger charge is 2.08. The molecule has 3 N–H and O–H groups in total. The Kier molecular flexibility index (Phi) is 5.63. The molecule has 0 aromatic heterocycles. The molecule has 1 amide bonds. The third-order valence-corrected chi connectivity index (χ3v) is 2.61. The Morgan fingerprint density at radius 1 is 1.35 bits per heavy atom. The molecule has 1 atom stereocenters. The Bertz CT molecular complexity index is 351. The zero-order valence-electron chi connectivity index (χ0n) is 10.1.